The minimum Gasteiger partial charge on any atom is -0.327 e. The Morgan fingerprint density at radius 3 is 2.39 bits per heavy atom. The molecule has 0 saturated carbocycles. The molecule has 0 fully saturated rings. The van der Waals surface area contributed by atoms with Crippen molar-refractivity contribution in [1.82, 2.24) is 4.98 Å². The van der Waals surface area contributed by atoms with Crippen molar-refractivity contribution in [2.24, 2.45) is 5.73 Å². The Morgan fingerprint density at radius 2 is 1.78 bits per heavy atom. The Kier molecular flexibility index (Phi) is 4.39. The second kappa shape index (κ2) is 6.03. The lowest BCUT2D eigenvalue weighted by atomic mass is 10.0. The molecule has 3 heteroatoms. The number of nitrogens with two attached hydrogens (primary N) is 1. The summed E-state index contributed by atoms with van der Waals surface area (Å²) in [6, 6.07) is 12.6. The Morgan fingerprint density at radius 1 is 1.11 bits per heavy atom. The van der Waals surface area contributed by atoms with Gasteiger partial charge in [-0.1, -0.05) is 24.3 Å². The highest BCUT2D eigenvalue weighted by molar-refractivity contribution is 7.99. The van der Waals surface area contributed by atoms with Crippen molar-refractivity contribution in [3.63, 3.8) is 0 Å². The van der Waals surface area contributed by atoms with Crippen LogP contribution in [-0.4, -0.2) is 11.0 Å². The van der Waals surface area contributed by atoms with E-state index in [1.807, 2.05) is 24.5 Å². The summed E-state index contributed by atoms with van der Waals surface area (Å²) in [5, 5.41) is 0.272. The van der Waals surface area contributed by atoms with Crippen LogP contribution in [0, 0.1) is 6.92 Å². The lowest BCUT2D eigenvalue weighted by Crippen LogP contribution is -2.23. The van der Waals surface area contributed by atoms with E-state index in [9.17, 15) is 0 Å². The molecule has 0 bridgehead atoms. The number of aromatic nitrogens is 1. The van der Waals surface area contributed by atoms with Gasteiger partial charge in [0.05, 0.1) is 0 Å². The molecule has 2 unspecified atom stereocenters. The topological polar surface area (TPSA) is 38.9 Å². The van der Waals surface area contributed by atoms with Crippen LogP contribution in [-0.2, 0) is 0 Å². The standard InChI is InChI=1S/C15H18N2S/c1-11-5-3-4-6-14(11)15(12(2)16)18-13-7-9-17-10-8-13/h3-10,12,15H,16H2,1-2H3. The molecule has 0 aliphatic carbocycles. The van der Waals surface area contributed by atoms with Crippen LogP contribution < -0.4 is 5.73 Å². The van der Waals surface area contributed by atoms with E-state index in [2.05, 4.69) is 43.1 Å². The Hall–Kier alpha value is -1.32. The van der Waals surface area contributed by atoms with Crippen LogP contribution >= 0.6 is 11.8 Å². The molecule has 0 saturated heterocycles. The van der Waals surface area contributed by atoms with Crippen molar-refractivity contribution in [2.75, 3.05) is 0 Å². The van der Waals surface area contributed by atoms with Gasteiger partial charge in [-0.3, -0.25) is 4.98 Å². The van der Waals surface area contributed by atoms with E-state index in [1.165, 1.54) is 16.0 Å². The van der Waals surface area contributed by atoms with Crippen LogP contribution in [0.5, 0.6) is 0 Å². The largest absolute Gasteiger partial charge is 0.327 e. The minimum atomic E-state index is 0.101. The summed E-state index contributed by atoms with van der Waals surface area (Å²) in [6.07, 6.45) is 3.64. The van der Waals surface area contributed by atoms with Gasteiger partial charge in [-0.25, -0.2) is 0 Å². The average molecular weight is 258 g/mol. The molecular weight excluding hydrogens is 240 g/mol. The van der Waals surface area contributed by atoms with Crippen LogP contribution in [0.25, 0.3) is 0 Å². The zero-order valence-electron chi connectivity index (χ0n) is 10.7. The van der Waals surface area contributed by atoms with E-state index < -0.39 is 0 Å². The first-order chi connectivity index (χ1) is 8.68. The summed E-state index contributed by atoms with van der Waals surface area (Å²) in [4.78, 5) is 5.25. The van der Waals surface area contributed by atoms with Gasteiger partial charge in [0.25, 0.3) is 0 Å². The van der Waals surface area contributed by atoms with Gasteiger partial charge in [0.2, 0.25) is 0 Å². The van der Waals surface area contributed by atoms with Gasteiger partial charge in [0, 0.05) is 28.6 Å². The molecule has 2 aromatic rings. The van der Waals surface area contributed by atoms with Crippen LogP contribution in [0.4, 0.5) is 0 Å². The molecule has 0 spiro atoms. The van der Waals surface area contributed by atoms with Crippen molar-refractivity contribution in [2.45, 2.75) is 30.0 Å². The average Bonchev–Trinajstić information content (AvgIpc) is 2.38. The van der Waals surface area contributed by atoms with Crippen molar-refractivity contribution < 1.29 is 0 Å². The zero-order valence-corrected chi connectivity index (χ0v) is 11.5. The van der Waals surface area contributed by atoms with Crippen molar-refractivity contribution in [3.05, 3.63) is 59.9 Å². The van der Waals surface area contributed by atoms with E-state index in [0.29, 0.717) is 0 Å². The lowest BCUT2D eigenvalue weighted by Gasteiger charge is -2.22. The number of pyridine rings is 1. The van der Waals surface area contributed by atoms with Crippen LogP contribution in [0.1, 0.15) is 23.3 Å². The van der Waals surface area contributed by atoms with Crippen molar-refractivity contribution >= 4 is 11.8 Å². The maximum absolute atomic E-state index is 6.15. The molecule has 2 atom stereocenters. The molecule has 1 aromatic heterocycles. The van der Waals surface area contributed by atoms with Gasteiger partial charge in [0.1, 0.15) is 0 Å². The molecule has 0 aliphatic rings. The quantitative estimate of drug-likeness (QED) is 0.852. The van der Waals surface area contributed by atoms with Gasteiger partial charge in [-0.15, -0.1) is 11.8 Å². The zero-order chi connectivity index (χ0) is 13.0. The highest BCUT2D eigenvalue weighted by Crippen LogP contribution is 2.38. The minimum absolute atomic E-state index is 0.101. The lowest BCUT2D eigenvalue weighted by molar-refractivity contribution is 0.718. The number of nitrogens with zero attached hydrogens (tertiary/aromatic N) is 1. The number of rotatable bonds is 4. The fraction of sp³-hybridized carbons (Fsp3) is 0.267. The molecule has 2 rings (SSSR count). The number of thioether (sulfide) groups is 1. The fourth-order valence-corrected chi connectivity index (χ4v) is 3.10. The van der Waals surface area contributed by atoms with Gasteiger partial charge in [-0.05, 0) is 37.1 Å². The third-order valence-electron chi connectivity index (χ3n) is 2.89. The highest BCUT2D eigenvalue weighted by atomic mass is 32.2. The first-order valence-electron chi connectivity index (χ1n) is 6.06. The molecular formula is C15H18N2S. The first kappa shape index (κ1) is 13.1. The molecule has 0 amide bonds. The first-order valence-corrected chi connectivity index (χ1v) is 6.94. The molecule has 2 N–H and O–H groups in total. The Balaban J connectivity index is 2.27. The molecule has 2 nitrogen and oxygen atoms in total. The third-order valence-corrected chi connectivity index (χ3v) is 4.37. The Labute approximate surface area is 113 Å². The fourth-order valence-electron chi connectivity index (χ4n) is 1.92. The summed E-state index contributed by atoms with van der Waals surface area (Å²) >= 11 is 1.80. The maximum atomic E-state index is 6.15. The van der Waals surface area contributed by atoms with Gasteiger partial charge >= 0.3 is 0 Å². The second-order valence-corrected chi connectivity index (χ2v) is 5.65. The van der Waals surface area contributed by atoms with Crippen LogP contribution in [0.15, 0.2) is 53.7 Å². The second-order valence-electron chi connectivity index (χ2n) is 4.44. The number of hydrogen-bond acceptors (Lipinski definition) is 3. The number of hydrogen-bond donors (Lipinski definition) is 1. The molecule has 1 heterocycles. The summed E-state index contributed by atoms with van der Waals surface area (Å²) in [5.74, 6) is 0. The smallest absolute Gasteiger partial charge is 0.0495 e. The summed E-state index contributed by atoms with van der Waals surface area (Å²) in [7, 11) is 0. The van der Waals surface area contributed by atoms with Gasteiger partial charge in [0.15, 0.2) is 0 Å². The van der Waals surface area contributed by atoms with E-state index in [4.69, 9.17) is 5.73 Å². The molecule has 94 valence electrons. The molecule has 0 radical (unpaired) electrons. The van der Waals surface area contributed by atoms with Gasteiger partial charge < -0.3 is 5.73 Å². The van der Waals surface area contributed by atoms with E-state index in [1.54, 1.807) is 11.8 Å². The Bertz CT molecular complexity index is 497. The van der Waals surface area contributed by atoms with E-state index in [-0.39, 0.29) is 11.3 Å². The van der Waals surface area contributed by atoms with Crippen molar-refractivity contribution in [1.29, 1.82) is 0 Å². The van der Waals surface area contributed by atoms with Crippen molar-refractivity contribution in [3.8, 4) is 0 Å². The molecule has 0 aliphatic heterocycles. The predicted molar refractivity (Wildman–Crippen MR) is 77.7 cm³/mol. The maximum Gasteiger partial charge on any atom is 0.0495 e. The van der Waals surface area contributed by atoms with Gasteiger partial charge in [-0.2, -0.15) is 0 Å². The summed E-state index contributed by atoms with van der Waals surface area (Å²) in [6.45, 7) is 4.20. The number of aryl methyl sites for hydroxylation is 1. The van der Waals surface area contributed by atoms with Crippen LogP contribution in [0.2, 0.25) is 0 Å². The number of benzene rings is 1. The summed E-state index contributed by atoms with van der Waals surface area (Å²) in [5.41, 5.74) is 8.76. The molecule has 1 aromatic carbocycles. The SMILES string of the molecule is Cc1ccccc1C(Sc1ccncc1)C(C)N. The monoisotopic (exact) mass is 258 g/mol. The third kappa shape index (κ3) is 3.12. The van der Waals surface area contributed by atoms with E-state index >= 15 is 0 Å². The highest BCUT2D eigenvalue weighted by Gasteiger charge is 2.19. The van der Waals surface area contributed by atoms with Crippen LogP contribution in [0.3, 0.4) is 0 Å². The summed E-state index contributed by atoms with van der Waals surface area (Å²) < 4.78 is 0. The normalized spacial score (nSPS) is 14.2. The predicted octanol–water partition coefficient (Wildman–Crippen LogP) is 3.57. The van der Waals surface area contributed by atoms with E-state index in [0.717, 1.165) is 0 Å². The molecule has 18 heavy (non-hydrogen) atoms.